The maximum Gasteiger partial charge on any atom is 0.344 e. The van der Waals surface area contributed by atoms with Crippen LogP contribution in [-0.4, -0.2) is 83.9 Å². The minimum absolute atomic E-state index is 0.132. The van der Waals surface area contributed by atoms with Crippen LogP contribution in [0.1, 0.15) is 23.0 Å². The van der Waals surface area contributed by atoms with E-state index in [0.29, 0.717) is 29.4 Å². The smallest absolute Gasteiger partial charge is 0.344 e. The van der Waals surface area contributed by atoms with Gasteiger partial charge in [0.25, 0.3) is 0 Å². The third-order valence-corrected chi connectivity index (χ3v) is 8.30. The number of ketones is 1. The number of benzene rings is 1. The number of hydrogen-bond donors (Lipinski definition) is 0. The van der Waals surface area contributed by atoms with Gasteiger partial charge in [0.1, 0.15) is 5.69 Å². The summed E-state index contributed by atoms with van der Waals surface area (Å²) in [5.74, 6) is 2.05. The Balaban J connectivity index is 1.06. The summed E-state index contributed by atoms with van der Waals surface area (Å²) in [5, 5.41) is 4.95. The highest BCUT2D eigenvalue weighted by Gasteiger charge is 2.42. The average Bonchev–Trinajstić information content (AvgIpc) is 3.59. The van der Waals surface area contributed by atoms with Gasteiger partial charge in [0.05, 0.1) is 23.9 Å². The van der Waals surface area contributed by atoms with Crippen LogP contribution in [0.15, 0.2) is 30.5 Å². The number of carbonyl (C=O) groups excluding carboxylic acids is 2. The summed E-state index contributed by atoms with van der Waals surface area (Å²) in [6, 6.07) is 7.89. The SMILES string of the molecule is CC(=O)c1ccn(C(=O)N2CC3CN(Cc4ccc(Cl)c(N5CC6COCC6C5)c4)CC3C2)n1. The maximum absolute atomic E-state index is 12.8. The fourth-order valence-corrected chi connectivity index (χ4v) is 6.42. The molecule has 1 aromatic carbocycles. The van der Waals surface area contributed by atoms with E-state index in [1.807, 2.05) is 11.0 Å². The highest BCUT2D eigenvalue weighted by atomic mass is 35.5. The van der Waals surface area contributed by atoms with Gasteiger partial charge in [-0.2, -0.15) is 9.78 Å². The number of fused-ring (bicyclic) bond motifs is 2. The molecule has 4 unspecified atom stereocenters. The Hall–Kier alpha value is -2.42. The summed E-state index contributed by atoms with van der Waals surface area (Å²) in [7, 11) is 0. The van der Waals surface area contributed by atoms with Gasteiger partial charge in [0.2, 0.25) is 0 Å². The zero-order valence-corrected chi connectivity index (χ0v) is 20.2. The number of anilines is 1. The molecule has 0 bridgehead atoms. The summed E-state index contributed by atoms with van der Waals surface area (Å²) >= 11 is 6.59. The van der Waals surface area contributed by atoms with E-state index in [1.165, 1.54) is 17.2 Å². The van der Waals surface area contributed by atoms with Crippen LogP contribution in [0, 0.1) is 23.7 Å². The van der Waals surface area contributed by atoms with E-state index in [0.717, 1.165) is 69.7 Å². The largest absolute Gasteiger partial charge is 0.381 e. The topological polar surface area (TPSA) is 70.9 Å². The normalized spacial score (nSPS) is 28.5. The molecule has 0 spiro atoms. The summed E-state index contributed by atoms with van der Waals surface area (Å²) in [6.07, 6.45) is 1.58. The van der Waals surface area contributed by atoms with Crippen LogP contribution in [0.5, 0.6) is 0 Å². The van der Waals surface area contributed by atoms with Gasteiger partial charge < -0.3 is 14.5 Å². The standard InChI is InChI=1S/C25H30ClN5O3/c1-16(32)23-4-5-31(27-23)25(33)30-10-18-8-28(9-19(18)11-30)7-17-2-3-22(26)24(6-17)29-12-20-14-34-15-21(20)13-29/h2-6,18-21H,7-15H2,1H3. The molecule has 9 heteroatoms. The molecule has 6 rings (SSSR count). The van der Waals surface area contributed by atoms with Gasteiger partial charge in [0.15, 0.2) is 5.78 Å². The van der Waals surface area contributed by atoms with Crippen LogP contribution in [0.4, 0.5) is 10.5 Å². The monoisotopic (exact) mass is 483 g/mol. The molecule has 0 aliphatic carbocycles. The lowest BCUT2D eigenvalue weighted by Crippen LogP contribution is -2.36. The molecule has 0 N–H and O–H groups in total. The van der Waals surface area contributed by atoms with E-state index < -0.39 is 0 Å². The van der Waals surface area contributed by atoms with Gasteiger partial charge in [-0.3, -0.25) is 9.69 Å². The lowest BCUT2D eigenvalue weighted by Gasteiger charge is -2.24. The van der Waals surface area contributed by atoms with Crippen molar-refractivity contribution >= 4 is 29.1 Å². The first-order chi connectivity index (χ1) is 16.4. The molecule has 8 nitrogen and oxygen atoms in total. The second-order valence-electron chi connectivity index (χ2n) is 10.4. The van der Waals surface area contributed by atoms with E-state index in [-0.39, 0.29) is 11.8 Å². The molecule has 1 amide bonds. The second kappa shape index (κ2) is 8.66. The molecule has 2 aromatic rings. The van der Waals surface area contributed by atoms with E-state index in [1.54, 1.807) is 12.3 Å². The van der Waals surface area contributed by atoms with Crippen molar-refractivity contribution in [2.24, 2.45) is 23.7 Å². The maximum atomic E-state index is 12.8. The quantitative estimate of drug-likeness (QED) is 0.623. The number of nitrogens with zero attached hydrogens (tertiary/aromatic N) is 5. The predicted molar refractivity (Wildman–Crippen MR) is 128 cm³/mol. The van der Waals surface area contributed by atoms with Crippen molar-refractivity contribution in [1.82, 2.24) is 19.6 Å². The number of amides is 1. The molecule has 4 aliphatic heterocycles. The second-order valence-corrected chi connectivity index (χ2v) is 10.8. The van der Waals surface area contributed by atoms with Crippen molar-refractivity contribution in [3.63, 3.8) is 0 Å². The Kier molecular flexibility index (Phi) is 5.62. The van der Waals surface area contributed by atoms with Gasteiger partial charge >= 0.3 is 6.03 Å². The molecule has 0 saturated carbocycles. The van der Waals surface area contributed by atoms with Gasteiger partial charge in [-0.05, 0) is 35.6 Å². The lowest BCUT2D eigenvalue weighted by molar-refractivity contribution is 0.101. The summed E-state index contributed by atoms with van der Waals surface area (Å²) < 4.78 is 6.92. The summed E-state index contributed by atoms with van der Waals surface area (Å²) in [6.45, 7) is 9.58. The van der Waals surface area contributed by atoms with Crippen molar-refractivity contribution in [2.45, 2.75) is 13.5 Å². The third kappa shape index (κ3) is 4.01. The van der Waals surface area contributed by atoms with Crippen LogP contribution in [0.3, 0.4) is 0 Å². The Morgan fingerprint density at radius 2 is 1.71 bits per heavy atom. The number of aromatic nitrogens is 2. The Morgan fingerprint density at radius 1 is 1.00 bits per heavy atom. The molecule has 34 heavy (non-hydrogen) atoms. The first-order valence-corrected chi connectivity index (χ1v) is 12.5. The Morgan fingerprint density at radius 3 is 2.35 bits per heavy atom. The number of likely N-dealkylation sites (tertiary alicyclic amines) is 2. The zero-order chi connectivity index (χ0) is 23.4. The molecule has 4 aliphatic rings. The number of hydrogen-bond acceptors (Lipinski definition) is 6. The van der Waals surface area contributed by atoms with Crippen molar-refractivity contribution in [3.05, 3.63) is 46.7 Å². The summed E-state index contributed by atoms with van der Waals surface area (Å²) in [4.78, 5) is 31.1. The minimum Gasteiger partial charge on any atom is -0.381 e. The van der Waals surface area contributed by atoms with Gasteiger partial charge in [0, 0.05) is 70.8 Å². The van der Waals surface area contributed by atoms with Gasteiger partial charge in [-0.1, -0.05) is 17.7 Å². The zero-order valence-electron chi connectivity index (χ0n) is 19.4. The van der Waals surface area contributed by atoms with Crippen molar-refractivity contribution in [1.29, 1.82) is 0 Å². The predicted octanol–water partition coefficient (Wildman–Crippen LogP) is 2.85. The first-order valence-electron chi connectivity index (χ1n) is 12.1. The fraction of sp³-hybridized carbons (Fsp3) is 0.560. The molecular formula is C25H30ClN5O3. The van der Waals surface area contributed by atoms with Crippen LogP contribution in [-0.2, 0) is 11.3 Å². The average molecular weight is 484 g/mol. The van der Waals surface area contributed by atoms with Crippen LogP contribution in [0.2, 0.25) is 5.02 Å². The fourth-order valence-electron chi connectivity index (χ4n) is 6.18. The van der Waals surface area contributed by atoms with Crippen LogP contribution < -0.4 is 4.90 Å². The highest BCUT2D eigenvalue weighted by molar-refractivity contribution is 6.33. The van der Waals surface area contributed by atoms with Gasteiger partial charge in [-0.15, -0.1) is 0 Å². The lowest BCUT2D eigenvalue weighted by atomic mass is 10.0. The van der Waals surface area contributed by atoms with Crippen molar-refractivity contribution < 1.29 is 14.3 Å². The number of rotatable bonds is 4. The van der Waals surface area contributed by atoms with Gasteiger partial charge in [-0.25, -0.2) is 4.79 Å². The van der Waals surface area contributed by atoms with Crippen LogP contribution >= 0.6 is 11.6 Å². The molecule has 4 fully saturated rings. The summed E-state index contributed by atoms with van der Waals surface area (Å²) in [5.41, 5.74) is 2.76. The van der Waals surface area contributed by atoms with E-state index in [9.17, 15) is 9.59 Å². The number of halogens is 1. The van der Waals surface area contributed by atoms with E-state index in [4.69, 9.17) is 16.3 Å². The Bertz CT molecular complexity index is 1090. The minimum atomic E-state index is -0.142. The van der Waals surface area contributed by atoms with E-state index >= 15 is 0 Å². The van der Waals surface area contributed by atoms with Crippen LogP contribution in [0.25, 0.3) is 0 Å². The van der Waals surface area contributed by atoms with Crippen molar-refractivity contribution in [2.75, 3.05) is 57.4 Å². The molecule has 4 saturated heterocycles. The molecule has 4 atom stereocenters. The third-order valence-electron chi connectivity index (χ3n) is 7.98. The number of ether oxygens (including phenoxy) is 1. The molecule has 180 valence electrons. The number of carbonyl (C=O) groups is 2. The Labute approximate surface area is 204 Å². The first kappa shape index (κ1) is 22.1. The number of Topliss-reactive ketones (excluding diaryl/α,β-unsaturated/α-hetero) is 1. The van der Waals surface area contributed by atoms with Crippen molar-refractivity contribution in [3.8, 4) is 0 Å². The molecule has 5 heterocycles. The highest BCUT2D eigenvalue weighted by Crippen LogP contribution is 2.37. The van der Waals surface area contributed by atoms with E-state index in [2.05, 4.69) is 27.0 Å². The molecule has 0 radical (unpaired) electrons. The molecular weight excluding hydrogens is 454 g/mol. The molecule has 1 aromatic heterocycles.